The summed E-state index contributed by atoms with van der Waals surface area (Å²) in [6.07, 6.45) is 3.63. The number of imidazole rings is 1. The lowest BCUT2D eigenvalue weighted by atomic mass is 10.1. The van der Waals surface area contributed by atoms with Crippen molar-refractivity contribution >= 4 is 23.6 Å². The summed E-state index contributed by atoms with van der Waals surface area (Å²) in [6, 6.07) is 6.25. The third-order valence-electron chi connectivity index (χ3n) is 3.88. The van der Waals surface area contributed by atoms with Crippen molar-refractivity contribution in [2.24, 2.45) is 0 Å². The van der Waals surface area contributed by atoms with Crippen LogP contribution in [0.3, 0.4) is 0 Å². The molecule has 0 saturated heterocycles. The van der Waals surface area contributed by atoms with E-state index in [1.54, 1.807) is 13.2 Å². The van der Waals surface area contributed by atoms with Crippen LogP contribution in [0.4, 0.5) is 0 Å². The van der Waals surface area contributed by atoms with Crippen LogP contribution >= 0.6 is 11.8 Å². The predicted octanol–water partition coefficient (Wildman–Crippen LogP) is 2.95. The number of likely N-dealkylation sites (N-methyl/N-ethyl adjacent to an activating group) is 1. The van der Waals surface area contributed by atoms with E-state index >= 15 is 0 Å². The number of hydrogen-bond donors (Lipinski definition) is 1. The van der Waals surface area contributed by atoms with Crippen LogP contribution in [0.2, 0.25) is 0 Å². The summed E-state index contributed by atoms with van der Waals surface area (Å²) in [5.41, 5.74) is 3.05. The first kappa shape index (κ1) is 21.0. The average Bonchev–Trinajstić information content (AvgIpc) is 3.01. The number of nitrogens with zero attached hydrogens (tertiary/aromatic N) is 3. The molecule has 2 rings (SSSR count). The molecular weight excluding hydrogens is 360 g/mol. The Morgan fingerprint density at radius 3 is 2.63 bits per heavy atom. The zero-order valence-electron chi connectivity index (χ0n) is 16.9. The smallest absolute Gasteiger partial charge is 0.240 e. The fourth-order valence-corrected chi connectivity index (χ4v) is 3.46. The minimum absolute atomic E-state index is 0.0437. The van der Waals surface area contributed by atoms with Gasteiger partial charge in [0.25, 0.3) is 0 Å². The van der Waals surface area contributed by atoms with Crippen LogP contribution in [0, 0.1) is 13.8 Å². The average molecular weight is 389 g/mol. The van der Waals surface area contributed by atoms with E-state index in [1.165, 1.54) is 22.2 Å². The van der Waals surface area contributed by atoms with Crippen LogP contribution in [0.15, 0.2) is 35.7 Å². The minimum atomic E-state index is -0.313. The van der Waals surface area contributed by atoms with Gasteiger partial charge in [-0.1, -0.05) is 23.9 Å². The van der Waals surface area contributed by atoms with Gasteiger partial charge in [-0.2, -0.15) is 0 Å². The van der Waals surface area contributed by atoms with Gasteiger partial charge in [0.1, 0.15) is 0 Å². The highest BCUT2D eigenvalue weighted by atomic mass is 32.2. The highest BCUT2D eigenvalue weighted by Gasteiger charge is 2.18. The van der Waals surface area contributed by atoms with Crippen molar-refractivity contribution in [3.05, 3.63) is 41.7 Å². The minimum Gasteiger partial charge on any atom is -0.350 e. The number of amides is 2. The third kappa shape index (κ3) is 6.13. The normalized spacial score (nSPS) is 11.3. The molecule has 0 unspecified atom stereocenters. The van der Waals surface area contributed by atoms with Gasteiger partial charge in [-0.15, -0.1) is 0 Å². The molecule has 0 saturated carbocycles. The largest absolute Gasteiger partial charge is 0.350 e. The van der Waals surface area contributed by atoms with Gasteiger partial charge in [0, 0.05) is 25.0 Å². The van der Waals surface area contributed by atoms with Crippen LogP contribution in [0.1, 0.15) is 31.9 Å². The Morgan fingerprint density at radius 1 is 1.26 bits per heavy atom. The Balaban J connectivity index is 1.99. The van der Waals surface area contributed by atoms with Crippen molar-refractivity contribution in [3.8, 4) is 5.69 Å². The van der Waals surface area contributed by atoms with Gasteiger partial charge in [-0.05, 0) is 51.8 Å². The molecule has 1 heterocycles. The van der Waals surface area contributed by atoms with E-state index in [9.17, 15) is 9.59 Å². The summed E-state index contributed by atoms with van der Waals surface area (Å²) >= 11 is 1.37. The molecule has 1 N–H and O–H groups in total. The summed E-state index contributed by atoms with van der Waals surface area (Å²) < 4.78 is 1.99. The van der Waals surface area contributed by atoms with Gasteiger partial charge in [0.2, 0.25) is 11.8 Å². The number of aromatic nitrogens is 2. The predicted molar refractivity (Wildman–Crippen MR) is 109 cm³/mol. The Labute approximate surface area is 165 Å². The molecule has 0 aliphatic carbocycles. The van der Waals surface area contributed by atoms with Crippen molar-refractivity contribution in [1.82, 2.24) is 19.8 Å². The maximum atomic E-state index is 12.4. The van der Waals surface area contributed by atoms with Crippen molar-refractivity contribution in [2.45, 2.75) is 45.3 Å². The van der Waals surface area contributed by atoms with Crippen LogP contribution < -0.4 is 5.32 Å². The van der Waals surface area contributed by atoms with Gasteiger partial charge in [-0.3, -0.25) is 14.2 Å². The third-order valence-corrected chi connectivity index (χ3v) is 4.83. The molecule has 1 aromatic heterocycles. The van der Waals surface area contributed by atoms with E-state index in [4.69, 9.17) is 0 Å². The maximum absolute atomic E-state index is 12.4. The number of benzene rings is 1. The SMILES string of the molecule is Cc1ccc(C)c(-n2ccnc2SCC(=O)N(C)CC(=O)NC(C)(C)C)c1. The summed E-state index contributed by atoms with van der Waals surface area (Å²) in [6.45, 7) is 9.88. The number of aryl methyl sites for hydroxylation is 2. The highest BCUT2D eigenvalue weighted by molar-refractivity contribution is 7.99. The summed E-state index contributed by atoms with van der Waals surface area (Å²) in [7, 11) is 1.64. The van der Waals surface area contributed by atoms with Crippen LogP contribution in [0.25, 0.3) is 5.69 Å². The second-order valence-corrected chi connectivity index (χ2v) is 8.65. The first-order valence-corrected chi connectivity index (χ1v) is 9.84. The molecule has 0 aliphatic rings. The van der Waals surface area contributed by atoms with Gasteiger partial charge in [0.05, 0.1) is 18.0 Å². The van der Waals surface area contributed by atoms with Crippen molar-refractivity contribution < 1.29 is 9.59 Å². The quantitative estimate of drug-likeness (QED) is 0.773. The van der Waals surface area contributed by atoms with Crippen molar-refractivity contribution in [3.63, 3.8) is 0 Å². The van der Waals surface area contributed by atoms with Gasteiger partial charge >= 0.3 is 0 Å². The van der Waals surface area contributed by atoms with E-state index in [2.05, 4.69) is 35.4 Å². The van der Waals surface area contributed by atoms with Crippen molar-refractivity contribution in [1.29, 1.82) is 0 Å². The van der Waals surface area contributed by atoms with E-state index in [0.717, 1.165) is 16.4 Å². The molecular formula is C20H28N4O2S. The molecule has 2 aromatic rings. The van der Waals surface area contributed by atoms with Crippen LogP contribution in [-0.2, 0) is 9.59 Å². The van der Waals surface area contributed by atoms with E-state index < -0.39 is 0 Å². The Kier molecular flexibility index (Phi) is 6.70. The molecule has 7 heteroatoms. The van der Waals surface area contributed by atoms with E-state index in [1.807, 2.05) is 38.5 Å². The Bertz CT molecular complexity index is 824. The molecule has 0 aliphatic heterocycles. The molecule has 2 amide bonds. The highest BCUT2D eigenvalue weighted by Crippen LogP contribution is 2.23. The number of carbonyl (C=O) groups excluding carboxylic acids is 2. The summed E-state index contributed by atoms with van der Waals surface area (Å²) in [5, 5.41) is 3.61. The molecule has 6 nitrogen and oxygen atoms in total. The monoisotopic (exact) mass is 388 g/mol. The first-order chi connectivity index (χ1) is 12.6. The second-order valence-electron chi connectivity index (χ2n) is 7.71. The molecule has 0 radical (unpaired) electrons. The molecule has 0 fully saturated rings. The van der Waals surface area contributed by atoms with Crippen LogP contribution in [0.5, 0.6) is 0 Å². The molecule has 27 heavy (non-hydrogen) atoms. The zero-order valence-corrected chi connectivity index (χ0v) is 17.7. The Hall–Kier alpha value is -2.28. The standard InChI is InChI=1S/C20H28N4O2S/c1-14-7-8-15(2)16(11-14)24-10-9-21-19(24)27-13-18(26)23(6)12-17(25)22-20(3,4)5/h7-11H,12-13H2,1-6H3,(H,22,25). The van der Waals surface area contributed by atoms with Gasteiger partial charge < -0.3 is 10.2 Å². The first-order valence-electron chi connectivity index (χ1n) is 8.85. The lowest BCUT2D eigenvalue weighted by Gasteiger charge is -2.23. The molecule has 146 valence electrons. The number of thioether (sulfide) groups is 1. The number of carbonyl (C=O) groups is 2. The van der Waals surface area contributed by atoms with Gasteiger partial charge in [-0.25, -0.2) is 4.98 Å². The molecule has 0 spiro atoms. The van der Waals surface area contributed by atoms with Crippen LogP contribution in [-0.4, -0.2) is 51.1 Å². The number of rotatable bonds is 6. The number of nitrogens with one attached hydrogen (secondary N) is 1. The van der Waals surface area contributed by atoms with Gasteiger partial charge in [0.15, 0.2) is 5.16 Å². The molecule has 0 bridgehead atoms. The molecule has 0 atom stereocenters. The Morgan fingerprint density at radius 2 is 1.96 bits per heavy atom. The zero-order chi connectivity index (χ0) is 20.2. The van der Waals surface area contributed by atoms with E-state index in [0.29, 0.717) is 0 Å². The summed E-state index contributed by atoms with van der Waals surface area (Å²) in [5.74, 6) is -0.0546. The maximum Gasteiger partial charge on any atom is 0.240 e. The fourth-order valence-electron chi connectivity index (χ4n) is 2.56. The molecule has 1 aromatic carbocycles. The van der Waals surface area contributed by atoms with Crippen molar-refractivity contribution in [2.75, 3.05) is 19.3 Å². The second kappa shape index (κ2) is 8.61. The summed E-state index contributed by atoms with van der Waals surface area (Å²) in [4.78, 5) is 30.2. The fraction of sp³-hybridized carbons (Fsp3) is 0.450. The lowest BCUT2D eigenvalue weighted by Crippen LogP contribution is -2.46. The lowest BCUT2D eigenvalue weighted by molar-refractivity contribution is -0.133. The van der Waals surface area contributed by atoms with E-state index in [-0.39, 0.29) is 29.7 Å². The topological polar surface area (TPSA) is 67.2 Å². The number of hydrogen-bond acceptors (Lipinski definition) is 4.